The van der Waals surface area contributed by atoms with Crippen LogP contribution in [0.15, 0.2) is 0 Å². The van der Waals surface area contributed by atoms with Crippen LogP contribution in [0.3, 0.4) is 0 Å². The molecule has 2 fully saturated rings. The summed E-state index contributed by atoms with van der Waals surface area (Å²) >= 11 is 0. The zero-order chi connectivity index (χ0) is 9.47. The zero-order valence-electron chi connectivity index (χ0n) is 7.72. The molecular weight excluding hydrogens is 176 g/mol. The lowest BCUT2D eigenvalue weighted by Gasteiger charge is -2.42. The third-order valence-corrected chi connectivity index (χ3v) is 2.99. The molecule has 13 heavy (non-hydrogen) atoms. The first kappa shape index (κ1) is 9.34. The Kier molecular flexibility index (Phi) is 2.28. The molecule has 0 atom stereocenters. The molecule has 4 heteroatoms. The molecule has 1 N–H and O–H groups in total. The summed E-state index contributed by atoms with van der Waals surface area (Å²) in [5.41, 5.74) is 0. The molecule has 2 aliphatic carbocycles. The van der Waals surface area contributed by atoms with Crippen LogP contribution in [0.2, 0.25) is 0 Å². The van der Waals surface area contributed by atoms with E-state index in [0.29, 0.717) is 12.1 Å². The Morgan fingerprint density at radius 3 is 2.31 bits per heavy atom. The molecule has 0 heterocycles. The molecule has 0 bridgehead atoms. The third-order valence-electron chi connectivity index (χ3n) is 2.99. The van der Waals surface area contributed by atoms with Crippen molar-refractivity contribution < 1.29 is 13.5 Å². The number of methoxy groups -OCH3 is 1. The Labute approximate surface area is 76.6 Å². The average molecular weight is 191 g/mol. The topological polar surface area (TPSA) is 21.3 Å². The van der Waals surface area contributed by atoms with Crippen LogP contribution in [-0.4, -0.2) is 31.2 Å². The quantitative estimate of drug-likeness (QED) is 0.730. The van der Waals surface area contributed by atoms with Crippen molar-refractivity contribution in [1.82, 2.24) is 5.32 Å². The van der Waals surface area contributed by atoms with Crippen LogP contribution in [0.1, 0.15) is 25.7 Å². The van der Waals surface area contributed by atoms with Crippen LogP contribution in [0, 0.1) is 0 Å². The molecule has 0 aromatic heterocycles. The number of hydrogen-bond acceptors (Lipinski definition) is 2. The van der Waals surface area contributed by atoms with E-state index in [-0.39, 0.29) is 18.9 Å². The van der Waals surface area contributed by atoms with Gasteiger partial charge in [0.2, 0.25) is 0 Å². The van der Waals surface area contributed by atoms with Gasteiger partial charge in [0.05, 0.1) is 6.10 Å². The minimum Gasteiger partial charge on any atom is -0.381 e. The predicted molar refractivity (Wildman–Crippen MR) is 44.9 cm³/mol. The van der Waals surface area contributed by atoms with Gasteiger partial charge in [-0.15, -0.1) is 0 Å². The molecule has 0 unspecified atom stereocenters. The van der Waals surface area contributed by atoms with Gasteiger partial charge in [-0.2, -0.15) is 0 Å². The maximum atomic E-state index is 12.4. The first-order chi connectivity index (χ1) is 6.09. The summed E-state index contributed by atoms with van der Waals surface area (Å²) in [7, 11) is 1.69. The lowest BCUT2D eigenvalue weighted by atomic mass is 9.83. The second kappa shape index (κ2) is 3.17. The first-order valence-electron chi connectivity index (χ1n) is 4.76. The Bertz CT molecular complexity index is 184. The molecular formula is C9H15F2NO. The lowest BCUT2D eigenvalue weighted by molar-refractivity contribution is -0.101. The maximum Gasteiger partial charge on any atom is 0.251 e. The predicted octanol–water partition coefficient (Wildman–Crippen LogP) is 1.55. The Hall–Kier alpha value is -0.220. The van der Waals surface area contributed by atoms with Crippen LogP contribution < -0.4 is 5.32 Å². The molecule has 0 amide bonds. The molecule has 76 valence electrons. The zero-order valence-corrected chi connectivity index (χ0v) is 7.72. The second-order valence-corrected chi connectivity index (χ2v) is 4.15. The van der Waals surface area contributed by atoms with Gasteiger partial charge in [0, 0.05) is 32.0 Å². The van der Waals surface area contributed by atoms with Crippen molar-refractivity contribution in [3.63, 3.8) is 0 Å². The minimum atomic E-state index is -2.40. The third kappa shape index (κ3) is 1.99. The summed E-state index contributed by atoms with van der Waals surface area (Å²) in [4.78, 5) is 0. The van der Waals surface area contributed by atoms with E-state index >= 15 is 0 Å². The van der Waals surface area contributed by atoms with E-state index in [1.165, 1.54) is 0 Å². The van der Waals surface area contributed by atoms with E-state index in [1.54, 1.807) is 7.11 Å². The number of halogens is 2. The van der Waals surface area contributed by atoms with E-state index in [0.717, 1.165) is 12.8 Å². The molecule has 0 aliphatic heterocycles. The van der Waals surface area contributed by atoms with Crippen LogP contribution in [0.5, 0.6) is 0 Å². The molecule has 0 aromatic rings. The van der Waals surface area contributed by atoms with Crippen molar-refractivity contribution in [1.29, 1.82) is 0 Å². The van der Waals surface area contributed by atoms with Crippen molar-refractivity contribution in [3.05, 3.63) is 0 Å². The molecule has 0 aromatic carbocycles. The highest BCUT2D eigenvalue weighted by molar-refractivity contribution is 4.96. The minimum absolute atomic E-state index is 0.0150. The lowest BCUT2D eigenvalue weighted by Crippen LogP contribution is -2.56. The summed E-state index contributed by atoms with van der Waals surface area (Å²) in [6.07, 6.45) is 2.32. The summed E-state index contributed by atoms with van der Waals surface area (Å²) < 4.78 is 30.0. The van der Waals surface area contributed by atoms with Gasteiger partial charge in [0.25, 0.3) is 5.92 Å². The van der Waals surface area contributed by atoms with Gasteiger partial charge in [-0.25, -0.2) is 8.78 Å². The van der Waals surface area contributed by atoms with Crippen LogP contribution >= 0.6 is 0 Å². The smallest absolute Gasteiger partial charge is 0.251 e. The van der Waals surface area contributed by atoms with Gasteiger partial charge < -0.3 is 10.1 Å². The summed E-state index contributed by atoms with van der Waals surface area (Å²) in [6, 6.07) is 0.448. The number of ether oxygens (including phenoxy) is 1. The molecule has 0 radical (unpaired) electrons. The molecule has 0 saturated heterocycles. The van der Waals surface area contributed by atoms with Crippen LogP contribution in [0.4, 0.5) is 8.78 Å². The van der Waals surface area contributed by atoms with E-state index in [1.807, 2.05) is 0 Å². The Morgan fingerprint density at radius 2 is 1.85 bits per heavy atom. The second-order valence-electron chi connectivity index (χ2n) is 4.15. The van der Waals surface area contributed by atoms with Gasteiger partial charge >= 0.3 is 0 Å². The SMILES string of the molecule is COC1CC(NC2CC(F)(F)C2)C1. The summed E-state index contributed by atoms with van der Waals surface area (Å²) in [6.45, 7) is 0. The molecule has 2 nitrogen and oxygen atoms in total. The van der Waals surface area contributed by atoms with Crippen LogP contribution in [-0.2, 0) is 4.74 Å². The molecule has 2 aliphatic rings. The van der Waals surface area contributed by atoms with E-state index in [4.69, 9.17) is 4.74 Å². The highest BCUT2D eigenvalue weighted by Gasteiger charge is 2.46. The van der Waals surface area contributed by atoms with Crippen molar-refractivity contribution in [2.45, 2.75) is 49.8 Å². The number of hydrogen-bond donors (Lipinski definition) is 1. The van der Waals surface area contributed by atoms with E-state index in [9.17, 15) is 8.78 Å². The van der Waals surface area contributed by atoms with Crippen molar-refractivity contribution >= 4 is 0 Å². The number of alkyl halides is 2. The van der Waals surface area contributed by atoms with E-state index < -0.39 is 5.92 Å². The summed E-state index contributed by atoms with van der Waals surface area (Å²) in [5.74, 6) is -2.40. The standard InChI is InChI=1S/C9H15F2NO/c1-13-8-2-6(3-8)12-7-4-9(10,11)5-7/h6-8,12H,2-5H2,1H3. The van der Waals surface area contributed by atoms with Gasteiger partial charge in [-0.3, -0.25) is 0 Å². The summed E-state index contributed by atoms with van der Waals surface area (Å²) in [5, 5.41) is 3.21. The van der Waals surface area contributed by atoms with E-state index in [2.05, 4.69) is 5.32 Å². The van der Waals surface area contributed by atoms with Gasteiger partial charge in [0.1, 0.15) is 0 Å². The van der Waals surface area contributed by atoms with Gasteiger partial charge in [-0.05, 0) is 12.8 Å². The largest absolute Gasteiger partial charge is 0.381 e. The maximum absolute atomic E-state index is 12.4. The van der Waals surface area contributed by atoms with Crippen molar-refractivity contribution in [3.8, 4) is 0 Å². The first-order valence-corrected chi connectivity index (χ1v) is 4.76. The average Bonchev–Trinajstić information content (AvgIpc) is 1.91. The monoisotopic (exact) mass is 191 g/mol. The number of rotatable bonds is 3. The molecule has 0 spiro atoms. The number of nitrogens with one attached hydrogen (secondary N) is 1. The van der Waals surface area contributed by atoms with Crippen LogP contribution in [0.25, 0.3) is 0 Å². The Balaban J connectivity index is 1.61. The van der Waals surface area contributed by atoms with Crippen molar-refractivity contribution in [2.75, 3.05) is 7.11 Å². The van der Waals surface area contributed by atoms with Gasteiger partial charge in [-0.1, -0.05) is 0 Å². The fourth-order valence-electron chi connectivity index (χ4n) is 2.01. The highest BCUT2D eigenvalue weighted by atomic mass is 19.3. The molecule has 2 rings (SSSR count). The normalized spacial score (nSPS) is 38.1. The van der Waals surface area contributed by atoms with Gasteiger partial charge in [0.15, 0.2) is 0 Å². The van der Waals surface area contributed by atoms with Crippen molar-refractivity contribution in [2.24, 2.45) is 0 Å². The Morgan fingerprint density at radius 1 is 1.23 bits per heavy atom. The highest BCUT2D eigenvalue weighted by Crippen LogP contribution is 2.38. The fourth-order valence-corrected chi connectivity index (χ4v) is 2.01. The molecule has 2 saturated carbocycles. The fraction of sp³-hybridized carbons (Fsp3) is 1.00.